The van der Waals surface area contributed by atoms with Crippen LogP contribution in [0.3, 0.4) is 0 Å². The van der Waals surface area contributed by atoms with E-state index in [9.17, 15) is 35.1 Å². The fourth-order valence-electron chi connectivity index (χ4n) is 3.75. The Balaban J connectivity index is 1.79. The summed E-state index contributed by atoms with van der Waals surface area (Å²) < 4.78 is 109. The van der Waals surface area contributed by atoms with Gasteiger partial charge < -0.3 is 4.74 Å². The average Bonchev–Trinajstić information content (AvgIpc) is 2.68. The van der Waals surface area contributed by atoms with Gasteiger partial charge in [0.25, 0.3) is 6.17 Å². The lowest BCUT2D eigenvalue weighted by Gasteiger charge is -2.26. The quantitative estimate of drug-likeness (QED) is 0.421. The minimum atomic E-state index is -5.89. The molecule has 0 saturated heterocycles. The molecule has 31 heavy (non-hydrogen) atoms. The van der Waals surface area contributed by atoms with Crippen LogP contribution < -0.4 is 4.74 Å². The topological polar surface area (TPSA) is 9.23 Å². The van der Waals surface area contributed by atoms with Crippen molar-refractivity contribution in [1.82, 2.24) is 0 Å². The van der Waals surface area contributed by atoms with Crippen molar-refractivity contribution in [2.45, 2.75) is 57.0 Å². The van der Waals surface area contributed by atoms with E-state index in [2.05, 4.69) is 11.7 Å². The predicted octanol–water partition coefficient (Wildman–Crippen LogP) is 7.80. The largest absolute Gasteiger partial charge is 0.439 e. The smallest absolute Gasteiger partial charge is 0.427 e. The van der Waals surface area contributed by atoms with Crippen LogP contribution in [0.1, 0.15) is 44.1 Å². The van der Waals surface area contributed by atoms with Gasteiger partial charge in [-0.1, -0.05) is 38.0 Å². The van der Waals surface area contributed by atoms with Crippen molar-refractivity contribution in [2.75, 3.05) is 0 Å². The first kappa shape index (κ1) is 23.3. The summed E-state index contributed by atoms with van der Waals surface area (Å²) in [6.45, 7) is 2.16. The minimum Gasteiger partial charge on any atom is -0.427 e. The molecule has 0 aliphatic heterocycles. The van der Waals surface area contributed by atoms with E-state index in [1.54, 1.807) is 6.07 Å². The molecular formula is C22H20F8O. The first-order valence-electron chi connectivity index (χ1n) is 9.75. The normalized spacial score (nSPS) is 21.1. The van der Waals surface area contributed by atoms with Gasteiger partial charge in [-0.2, -0.15) is 22.0 Å². The Morgan fingerprint density at radius 1 is 0.871 bits per heavy atom. The molecule has 0 radical (unpaired) electrons. The molecule has 1 aliphatic rings. The van der Waals surface area contributed by atoms with Crippen LogP contribution in [-0.4, -0.2) is 18.5 Å². The van der Waals surface area contributed by atoms with Crippen molar-refractivity contribution in [3.63, 3.8) is 0 Å². The van der Waals surface area contributed by atoms with E-state index in [0.717, 1.165) is 37.3 Å². The summed E-state index contributed by atoms with van der Waals surface area (Å²) in [6, 6.07) is 6.77. The van der Waals surface area contributed by atoms with Gasteiger partial charge in [0.05, 0.1) is 0 Å². The molecule has 1 nitrogen and oxygen atoms in total. The van der Waals surface area contributed by atoms with E-state index in [-0.39, 0.29) is 17.0 Å². The van der Waals surface area contributed by atoms with Gasteiger partial charge in [-0.25, -0.2) is 13.2 Å². The lowest BCUT2D eigenvalue weighted by Crippen LogP contribution is -2.45. The molecule has 3 rings (SSSR count). The molecule has 0 heterocycles. The van der Waals surface area contributed by atoms with Crippen LogP contribution in [0.15, 0.2) is 36.4 Å². The Bertz CT molecular complexity index is 916. The number of halogens is 8. The maximum Gasteiger partial charge on any atom is 0.439 e. The third-order valence-corrected chi connectivity index (χ3v) is 5.55. The lowest BCUT2D eigenvalue weighted by molar-refractivity contribution is -0.305. The molecule has 1 saturated carbocycles. The molecule has 0 N–H and O–H groups in total. The second-order valence-corrected chi connectivity index (χ2v) is 7.91. The van der Waals surface area contributed by atoms with Crippen LogP contribution in [-0.2, 0) is 0 Å². The molecule has 0 amide bonds. The first-order valence-corrected chi connectivity index (χ1v) is 9.75. The average molecular weight is 452 g/mol. The monoisotopic (exact) mass is 452 g/mol. The molecule has 0 bridgehead atoms. The molecule has 1 atom stereocenters. The fourth-order valence-corrected chi connectivity index (χ4v) is 3.75. The highest BCUT2D eigenvalue weighted by Gasteiger charge is 2.59. The van der Waals surface area contributed by atoms with E-state index < -0.39 is 35.8 Å². The number of hydrogen-bond donors (Lipinski definition) is 0. The van der Waals surface area contributed by atoms with Gasteiger partial charge in [0.2, 0.25) is 0 Å². The van der Waals surface area contributed by atoms with Gasteiger partial charge in [0, 0.05) is 5.56 Å². The van der Waals surface area contributed by atoms with Crippen molar-refractivity contribution in [1.29, 1.82) is 0 Å². The van der Waals surface area contributed by atoms with E-state index in [4.69, 9.17) is 0 Å². The number of hydrogen-bond acceptors (Lipinski definition) is 1. The van der Waals surface area contributed by atoms with Crippen molar-refractivity contribution >= 4 is 0 Å². The Morgan fingerprint density at radius 2 is 1.52 bits per heavy atom. The zero-order valence-electron chi connectivity index (χ0n) is 16.5. The maximum absolute atomic E-state index is 14.7. The van der Waals surface area contributed by atoms with E-state index in [1.165, 1.54) is 12.1 Å². The zero-order chi connectivity index (χ0) is 23.0. The van der Waals surface area contributed by atoms with Crippen LogP contribution in [0.25, 0.3) is 11.1 Å². The van der Waals surface area contributed by atoms with Gasteiger partial charge in [-0.3, -0.25) is 0 Å². The zero-order valence-corrected chi connectivity index (χ0v) is 16.5. The van der Waals surface area contributed by atoms with E-state index in [0.29, 0.717) is 18.1 Å². The lowest BCUT2D eigenvalue weighted by atomic mass is 9.79. The van der Waals surface area contributed by atoms with E-state index in [1.807, 2.05) is 0 Å². The second kappa shape index (κ2) is 8.67. The Morgan fingerprint density at radius 3 is 2.06 bits per heavy atom. The van der Waals surface area contributed by atoms with Crippen molar-refractivity contribution in [3.05, 3.63) is 53.6 Å². The summed E-state index contributed by atoms with van der Waals surface area (Å²) in [6.07, 6.45) is -11.9. The molecule has 1 fully saturated rings. The van der Waals surface area contributed by atoms with Crippen LogP contribution in [0.2, 0.25) is 0 Å². The minimum absolute atomic E-state index is 0.0104. The summed E-state index contributed by atoms with van der Waals surface area (Å²) in [7, 11) is 0. The SMILES string of the molecule is CC1CCC(c2ccc(-c3ccc(OC(F)(F)C(F)C(F)(F)F)c(F)c3)c(F)c2)CC1. The molecule has 1 unspecified atom stereocenters. The highest BCUT2D eigenvalue weighted by Crippen LogP contribution is 2.39. The second-order valence-electron chi connectivity index (χ2n) is 7.91. The van der Waals surface area contributed by atoms with Crippen molar-refractivity contribution in [3.8, 4) is 16.9 Å². The standard InChI is InChI=1S/C22H20F8O/c1-12-2-4-13(5-3-12)14-6-8-16(17(23)10-14)15-7-9-19(18(24)11-15)31-22(29,30)20(25)21(26,27)28/h6-13,20H,2-5H2,1H3. The molecule has 9 heteroatoms. The van der Waals surface area contributed by atoms with E-state index >= 15 is 0 Å². The molecule has 170 valence electrons. The maximum atomic E-state index is 14.7. The third kappa shape index (κ3) is 5.30. The van der Waals surface area contributed by atoms with Crippen molar-refractivity contribution in [2.24, 2.45) is 5.92 Å². The summed E-state index contributed by atoms with van der Waals surface area (Å²) in [5, 5.41) is 0. The molecule has 0 aromatic heterocycles. The van der Waals surface area contributed by atoms with Gasteiger partial charge in [0.1, 0.15) is 5.82 Å². The van der Waals surface area contributed by atoms with Gasteiger partial charge in [-0.05, 0) is 54.0 Å². The number of benzene rings is 2. The first-order chi connectivity index (χ1) is 14.4. The molecular weight excluding hydrogens is 432 g/mol. The Kier molecular flexibility index (Phi) is 6.53. The summed E-state index contributed by atoms with van der Waals surface area (Å²) >= 11 is 0. The number of alkyl halides is 6. The number of rotatable bonds is 5. The van der Waals surface area contributed by atoms with Crippen molar-refractivity contribution < 1.29 is 39.9 Å². The van der Waals surface area contributed by atoms with Crippen LogP contribution in [0.4, 0.5) is 35.1 Å². The molecule has 1 aliphatic carbocycles. The van der Waals surface area contributed by atoms with Gasteiger partial charge >= 0.3 is 12.3 Å². The molecule has 2 aromatic carbocycles. The predicted molar refractivity (Wildman–Crippen MR) is 98.7 cm³/mol. The highest BCUT2D eigenvalue weighted by atomic mass is 19.4. The van der Waals surface area contributed by atoms with Gasteiger partial charge in [-0.15, -0.1) is 0 Å². The van der Waals surface area contributed by atoms with Gasteiger partial charge in [0.15, 0.2) is 11.6 Å². The molecule has 0 spiro atoms. The highest BCUT2D eigenvalue weighted by molar-refractivity contribution is 5.65. The fraction of sp³-hybridized carbons (Fsp3) is 0.455. The van der Waals surface area contributed by atoms with Crippen LogP contribution >= 0.6 is 0 Å². The molecule has 2 aromatic rings. The summed E-state index contributed by atoms with van der Waals surface area (Å²) in [5.41, 5.74) is 0.778. The number of ether oxygens (including phenoxy) is 1. The Labute approximate surface area is 174 Å². The Hall–Kier alpha value is -2.32. The van der Waals surface area contributed by atoms with Crippen LogP contribution in [0.5, 0.6) is 5.75 Å². The third-order valence-electron chi connectivity index (χ3n) is 5.55. The summed E-state index contributed by atoms with van der Waals surface area (Å²) in [4.78, 5) is 0. The van der Waals surface area contributed by atoms with Crippen LogP contribution in [0, 0.1) is 17.6 Å². The summed E-state index contributed by atoms with van der Waals surface area (Å²) in [5.74, 6) is -2.56.